The summed E-state index contributed by atoms with van der Waals surface area (Å²) in [6.07, 6.45) is 1.65. The summed E-state index contributed by atoms with van der Waals surface area (Å²) in [6, 6.07) is 6.18. The molecule has 0 atom stereocenters. The fourth-order valence-corrected chi connectivity index (χ4v) is 4.24. The van der Waals surface area contributed by atoms with Crippen molar-refractivity contribution in [2.45, 2.75) is 18.9 Å². The Labute approximate surface area is 149 Å². The lowest BCUT2D eigenvalue weighted by Gasteiger charge is -2.47. The number of primary amides is 1. The van der Waals surface area contributed by atoms with Gasteiger partial charge in [0.25, 0.3) is 5.91 Å². The number of hydrogen-bond donors (Lipinski definition) is 2. The van der Waals surface area contributed by atoms with Gasteiger partial charge < -0.3 is 10.6 Å². The molecule has 2 fully saturated rings. The Bertz CT molecular complexity index is 758. The zero-order valence-corrected chi connectivity index (χ0v) is 14.7. The van der Waals surface area contributed by atoms with E-state index >= 15 is 0 Å². The molecule has 0 aromatic carbocycles. The second kappa shape index (κ2) is 6.61. The molecule has 2 aromatic heterocycles. The predicted octanol–water partition coefficient (Wildman–Crippen LogP) is 1.16. The van der Waals surface area contributed by atoms with Crippen molar-refractivity contribution < 1.29 is 9.59 Å². The number of carbonyl (C=O) groups is 2. The van der Waals surface area contributed by atoms with E-state index in [1.54, 1.807) is 11.3 Å². The SMILES string of the molecule is NC(=O)C1CCN(C2CN(C(=O)c3cc(-c4cccs4)[nH]n3)C2)CC1. The second-order valence-corrected chi connectivity index (χ2v) is 7.67. The smallest absolute Gasteiger partial charge is 0.274 e. The molecule has 0 spiro atoms. The summed E-state index contributed by atoms with van der Waals surface area (Å²) in [5, 5.41) is 9.11. The molecule has 2 aliphatic rings. The Morgan fingerprint density at radius 2 is 2.04 bits per heavy atom. The third kappa shape index (κ3) is 3.19. The van der Waals surface area contributed by atoms with E-state index in [1.807, 2.05) is 28.5 Å². The second-order valence-electron chi connectivity index (χ2n) is 6.72. The Hall–Kier alpha value is -2.19. The molecule has 8 heteroatoms. The Kier molecular flexibility index (Phi) is 4.30. The molecule has 0 aliphatic carbocycles. The van der Waals surface area contributed by atoms with Crippen LogP contribution in [0.3, 0.4) is 0 Å². The van der Waals surface area contributed by atoms with Crippen molar-refractivity contribution in [2.24, 2.45) is 11.7 Å². The van der Waals surface area contributed by atoms with Crippen LogP contribution in [0.2, 0.25) is 0 Å². The molecule has 25 heavy (non-hydrogen) atoms. The molecule has 4 rings (SSSR count). The summed E-state index contributed by atoms with van der Waals surface area (Å²) in [7, 11) is 0. The van der Waals surface area contributed by atoms with Crippen LogP contribution < -0.4 is 5.73 Å². The molecule has 0 saturated carbocycles. The molecule has 4 heterocycles. The van der Waals surface area contributed by atoms with Gasteiger partial charge in [-0.2, -0.15) is 5.10 Å². The number of nitrogens with one attached hydrogen (secondary N) is 1. The third-order valence-corrected chi connectivity index (χ3v) is 6.08. The molecular weight excluding hydrogens is 338 g/mol. The van der Waals surface area contributed by atoms with Crippen LogP contribution in [0.25, 0.3) is 10.6 Å². The number of nitrogens with zero attached hydrogens (tertiary/aromatic N) is 3. The van der Waals surface area contributed by atoms with Gasteiger partial charge in [-0.1, -0.05) is 6.07 Å². The summed E-state index contributed by atoms with van der Waals surface area (Å²) in [5.41, 5.74) is 6.72. The summed E-state index contributed by atoms with van der Waals surface area (Å²) in [4.78, 5) is 29.1. The van der Waals surface area contributed by atoms with E-state index in [0.29, 0.717) is 11.7 Å². The van der Waals surface area contributed by atoms with E-state index in [4.69, 9.17) is 5.73 Å². The van der Waals surface area contributed by atoms with Gasteiger partial charge in [0, 0.05) is 25.0 Å². The average molecular weight is 359 g/mol. The number of piperidine rings is 1. The van der Waals surface area contributed by atoms with Gasteiger partial charge in [-0.05, 0) is 43.4 Å². The number of aromatic amines is 1. The predicted molar refractivity (Wildman–Crippen MR) is 95.1 cm³/mol. The van der Waals surface area contributed by atoms with Crippen LogP contribution >= 0.6 is 11.3 Å². The van der Waals surface area contributed by atoms with Gasteiger partial charge in [0.1, 0.15) is 0 Å². The highest BCUT2D eigenvalue weighted by molar-refractivity contribution is 7.13. The maximum Gasteiger partial charge on any atom is 0.274 e. The van der Waals surface area contributed by atoms with Crippen molar-refractivity contribution in [1.82, 2.24) is 20.0 Å². The maximum absolute atomic E-state index is 12.5. The standard InChI is InChI=1S/C17H21N5O2S/c18-16(23)11-3-5-21(6-4-11)12-9-22(10-12)17(24)14-8-13(19-20-14)15-2-1-7-25-15/h1-2,7-8,11-12H,3-6,9-10H2,(H2,18,23)(H,19,20). The van der Waals surface area contributed by atoms with E-state index < -0.39 is 0 Å². The van der Waals surface area contributed by atoms with Gasteiger partial charge in [0.2, 0.25) is 5.91 Å². The zero-order valence-electron chi connectivity index (χ0n) is 13.9. The van der Waals surface area contributed by atoms with Crippen molar-refractivity contribution >= 4 is 23.2 Å². The lowest BCUT2D eigenvalue weighted by molar-refractivity contribution is -0.123. The van der Waals surface area contributed by atoms with E-state index in [9.17, 15) is 9.59 Å². The number of likely N-dealkylation sites (tertiary alicyclic amines) is 2. The molecule has 2 saturated heterocycles. The number of nitrogens with two attached hydrogens (primary N) is 1. The van der Waals surface area contributed by atoms with E-state index in [-0.39, 0.29) is 17.7 Å². The van der Waals surface area contributed by atoms with Gasteiger partial charge >= 0.3 is 0 Å². The number of amides is 2. The van der Waals surface area contributed by atoms with Crippen LogP contribution in [0.1, 0.15) is 23.3 Å². The highest BCUT2D eigenvalue weighted by Crippen LogP contribution is 2.26. The Balaban J connectivity index is 1.31. The number of thiophene rings is 1. The molecule has 132 valence electrons. The third-order valence-electron chi connectivity index (χ3n) is 5.18. The first-order valence-corrected chi connectivity index (χ1v) is 9.41. The number of hydrogen-bond acceptors (Lipinski definition) is 5. The van der Waals surface area contributed by atoms with Crippen LogP contribution in [0, 0.1) is 5.92 Å². The van der Waals surface area contributed by atoms with Crippen LogP contribution in [0.4, 0.5) is 0 Å². The molecule has 3 N–H and O–H groups in total. The van der Waals surface area contributed by atoms with Crippen LogP contribution in [-0.2, 0) is 4.79 Å². The topological polar surface area (TPSA) is 95.3 Å². The molecular formula is C17H21N5O2S. The minimum absolute atomic E-state index is 0.00814. The van der Waals surface area contributed by atoms with Gasteiger partial charge in [-0.25, -0.2) is 0 Å². The molecule has 2 aromatic rings. The molecule has 0 bridgehead atoms. The largest absolute Gasteiger partial charge is 0.369 e. The minimum Gasteiger partial charge on any atom is -0.369 e. The van der Waals surface area contributed by atoms with Gasteiger partial charge in [0.05, 0.1) is 10.6 Å². The molecule has 0 radical (unpaired) electrons. The summed E-state index contributed by atoms with van der Waals surface area (Å²) < 4.78 is 0. The first-order valence-electron chi connectivity index (χ1n) is 8.54. The van der Waals surface area contributed by atoms with Crippen molar-refractivity contribution in [3.05, 3.63) is 29.3 Å². The van der Waals surface area contributed by atoms with Crippen molar-refractivity contribution in [3.63, 3.8) is 0 Å². The summed E-state index contributed by atoms with van der Waals surface area (Å²) in [5.74, 6) is -0.207. The van der Waals surface area contributed by atoms with Crippen molar-refractivity contribution in [3.8, 4) is 10.6 Å². The molecule has 2 amide bonds. The first kappa shape index (κ1) is 16.3. The fraction of sp³-hybridized carbons (Fsp3) is 0.471. The van der Waals surface area contributed by atoms with E-state index in [0.717, 1.165) is 49.6 Å². The maximum atomic E-state index is 12.5. The van der Waals surface area contributed by atoms with E-state index in [1.165, 1.54) is 0 Å². The van der Waals surface area contributed by atoms with E-state index in [2.05, 4.69) is 15.1 Å². The average Bonchev–Trinajstić information content (AvgIpc) is 3.25. The van der Waals surface area contributed by atoms with Gasteiger partial charge in [0.15, 0.2) is 5.69 Å². The first-order chi connectivity index (χ1) is 12.1. The normalized spacial score (nSPS) is 19.8. The molecule has 2 aliphatic heterocycles. The Morgan fingerprint density at radius 3 is 2.68 bits per heavy atom. The quantitative estimate of drug-likeness (QED) is 0.856. The molecule has 0 unspecified atom stereocenters. The number of rotatable bonds is 4. The van der Waals surface area contributed by atoms with Gasteiger partial charge in [-0.15, -0.1) is 11.3 Å². The minimum atomic E-state index is -0.190. The zero-order chi connectivity index (χ0) is 17.4. The van der Waals surface area contributed by atoms with Crippen molar-refractivity contribution in [1.29, 1.82) is 0 Å². The van der Waals surface area contributed by atoms with Crippen LogP contribution in [0.5, 0.6) is 0 Å². The van der Waals surface area contributed by atoms with Crippen molar-refractivity contribution in [2.75, 3.05) is 26.2 Å². The summed E-state index contributed by atoms with van der Waals surface area (Å²) >= 11 is 1.61. The lowest BCUT2D eigenvalue weighted by atomic mass is 9.93. The van der Waals surface area contributed by atoms with Crippen LogP contribution in [-0.4, -0.2) is 64.0 Å². The monoisotopic (exact) mass is 359 g/mol. The van der Waals surface area contributed by atoms with Crippen LogP contribution in [0.15, 0.2) is 23.6 Å². The number of carbonyl (C=O) groups excluding carboxylic acids is 2. The Morgan fingerprint density at radius 1 is 1.28 bits per heavy atom. The van der Waals surface area contributed by atoms with Gasteiger partial charge in [-0.3, -0.25) is 19.6 Å². The molecule has 7 nitrogen and oxygen atoms in total. The number of H-pyrrole nitrogens is 1. The summed E-state index contributed by atoms with van der Waals surface area (Å²) in [6.45, 7) is 3.21. The fourth-order valence-electron chi connectivity index (χ4n) is 3.55. The number of aromatic nitrogens is 2. The lowest BCUT2D eigenvalue weighted by Crippen LogP contribution is -2.62. The highest BCUT2D eigenvalue weighted by Gasteiger charge is 2.37. The highest BCUT2D eigenvalue weighted by atomic mass is 32.1.